The highest BCUT2D eigenvalue weighted by molar-refractivity contribution is 5.84. The van der Waals surface area contributed by atoms with E-state index in [0.717, 1.165) is 5.56 Å². The normalized spacial score (nSPS) is 10.4. The number of hydrogen-bond donors (Lipinski definition) is 3. The SMILES string of the molecule is Cc1ccc(O)c(C=NN=C(N)N)c1. The monoisotopic (exact) mass is 192 g/mol. The minimum Gasteiger partial charge on any atom is -0.507 e. The van der Waals surface area contributed by atoms with Crippen molar-refractivity contribution in [3.8, 4) is 5.75 Å². The molecule has 1 rings (SSSR count). The van der Waals surface area contributed by atoms with Crippen LogP contribution in [-0.4, -0.2) is 17.3 Å². The van der Waals surface area contributed by atoms with Crippen LogP contribution in [-0.2, 0) is 0 Å². The van der Waals surface area contributed by atoms with Gasteiger partial charge >= 0.3 is 0 Å². The summed E-state index contributed by atoms with van der Waals surface area (Å²) in [5, 5.41) is 16.4. The Kier molecular flexibility index (Phi) is 3.06. The quantitative estimate of drug-likeness (QED) is 0.357. The number of rotatable bonds is 2. The predicted molar refractivity (Wildman–Crippen MR) is 56.2 cm³/mol. The predicted octanol–water partition coefficient (Wildman–Crippen LogP) is 0.308. The third-order valence-electron chi connectivity index (χ3n) is 1.55. The highest BCUT2D eigenvalue weighted by atomic mass is 16.3. The molecule has 0 aromatic heterocycles. The maximum atomic E-state index is 9.40. The second-order valence-corrected chi connectivity index (χ2v) is 2.83. The number of aromatic hydroxyl groups is 1. The number of benzene rings is 1. The molecule has 0 bridgehead atoms. The van der Waals surface area contributed by atoms with Crippen molar-refractivity contribution < 1.29 is 5.11 Å². The van der Waals surface area contributed by atoms with Gasteiger partial charge in [0.2, 0.25) is 5.96 Å². The highest BCUT2D eigenvalue weighted by Crippen LogP contribution is 2.15. The molecule has 5 heteroatoms. The van der Waals surface area contributed by atoms with Crippen LogP contribution >= 0.6 is 0 Å². The van der Waals surface area contributed by atoms with Gasteiger partial charge in [-0.15, -0.1) is 5.10 Å². The largest absolute Gasteiger partial charge is 0.507 e. The minimum atomic E-state index is -0.117. The van der Waals surface area contributed by atoms with Crippen molar-refractivity contribution in [2.45, 2.75) is 6.92 Å². The Morgan fingerprint density at radius 3 is 2.79 bits per heavy atom. The van der Waals surface area contributed by atoms with E-state index in [1.807, 2.05) is 6.92 Å². The molecular formula is C9H12N4O. The number of phenolic OH excluding ortho intramolecular Hbond substituents is 1. The molecule has 0 aliphatic carbocycles. The minimum absolute atomic E-state index is 0.117. The van der Waals surface area contributed by atoms with Crippen molar-refractivity contribution in [1.29, 1.82) is 0 Å². The first-order valence-electron chi connectivity index (χ1n) is 4.01. The summed E-state index contributed by atoms with van der Waals surface area (Å²) < 4.78 is 0. The van der Waals surface area contributed by atoms with Crippen molar-refractivity contribution in [2.24, 2.45) is 21.7 Å². The van der Waals surface area contributed by atoms with E-state index >= 15 is 0 Å². The van der Waals surface area contributed by atoms with Crippen LogP contribution in [0.2, 0.25) is 0 Å². The Hall–Kier alpha value is -2.04. The van der Waals surface area contributed by atoms with E-state index in [1.54, 1.807) is 18.2 Å². The van der Waals surface area contributed by atoms with Gasteiger partial charge in [0.25, 0.3) is 0 Å². The third-order valence-corrected chi connectivity index (χ3v) is 1.55. The van der Waals surface area contributed by atoms with E-state index in [9.17, 15) is 5.11 Å². The molecule has 1 aromatic carbocycles. The average molecular weight is 192 g/mol. The average Bonchev–Trinajstić information content (AvgIpc) is 2.10. The lowest BCUT2D eigenvalue weighted by atomic mass is 10.1. The number of hydrogen-bond acceptors (Lipinski definition) is 3. The van der Waals surface area contributed by atoms with E-state index in [4.69, 9.17) is 11.5 Å². The summed E-state index contributed by atoms with van der Waals surface area (Å²) in [7, 11) is 0. The van der Waals surface area contributed by atoms with Crippen LogP contribution in [0.3, 0.4) is 0 Å². The topological polar surface area (TPSA) is 97.0 Å². The van der Waals surface area contributed by atoms with E-state index in [0.29, 0.717) is 5.56 Å². The van der Waals surface area contributed by atoms with Gasteiger partial charge < -0.3 is 16.6 Å². The fraction of sp³-hybridized carbons (Fsp3) is 0.111. The van der Waals surface area contributed by atoms with E-state index < -0.39 is 0 Å². The van der Waals surface area contributed by atoms with Crippen LogP contribution in [0, 0.1) is 6.92 Å². The van der Waals surface area contributed by atoms with Gasteiger partial charge in [-0.3, -0.25) is 0 Å². The first-order chi connectivity index (χ1) is 6.59. The first-order valence-corrected chi connectivity index (χ1v) is 4.01. The lowest BCUT2D eigenvalue weighted by molar-refractivity contribution is 0.474. The Labute approximate surface area is 81.8 Å². The zero-order valence-corrected chi connectivity index (χ0v) is 7.81. The van der Waals surface area contributed by atoms with Gasteiger partial charge in [-0.05, 0) is 19.1 Å². The molecule has 0 heterocycles. The second kappa shape index (κ2) is 4.27. The summed E-state index contributed by atoms with van der Waals surface area (Å²) in [4.78, 5) is 0. The summed E-state index contributed by atoms with van der Waals surface area (Å²) in [6.45, 7) is 1.91. The number of nitrogens with two attached hydrogens (primary N) is 2. The number of guanidine groups is 1. The van der Waals surface area contributed by atoms with Gasteiger partial charge in [-0.2, -0.15) is 5.10 Å². The van der Waals surface area contributed by atoms with Gasteiger partial charge in [0.1, 0.15) is 5.75 Å². The highest BCUT2D eigenvalue weighted by Gasteiger charge is 1.96. The van der Waals surface area contributed by atoms with E-state index in [1.165, 1.54) is 6.21 Å². The molecule has 0 radical (unpaired) electrons. The summed E-state index contributed by atoms with van der Waals surface area (Å²) in [6, 6.07) is 5.17. The maximum Gasteiger partial charge on any atom is 0.211 e. The Morgan fingerprint density at radius 1 is 1.43 bits per heavy atom. The van der Waals surface area contributed by atoms with Gasteiger partial charge in [0, 0.05) is 5.56 Å². The van der Waals surface area contributed by atoms with Crippen LogP contribution < -0.4 is 11.5 Å². The molecule has 0 unspecified atom stereocenters. The summed E-state index contributed by atoms with van der Waals surface area (Å²) >= 11 is 0. The second-order valence-electron chi connectivity index (χ2n) is 2.83. The van der Waals surface area contributed by atoms with Crippen molar-refractivity contribution >= 4 is 12.2 Å². The van der Waals surface area contributed by atoms with Crippen molar-refractivity contribution in [3.63, 3.8) is 0 Å². The fourth-order valence-corrected chi connectivity index (χ4v) is 0.935. The Bertz CT molecular complexity index is 380. The molecule has 5 N–H and O–H groups in total. The van der Waals surface area contributed by atoms with Crippen LogP contribution in [0.15, 0.2) is 28.4 Å². The van der Waals surface area contributed by atoms with Crippen LogP contribution in [0.5, 0.6) is 5.75 Å². The van der Waals surface area contributed by atoms with Crippen LogP contribution in [0.1, 0.15) is 11.1 Å². The molecule has 0 saturated carbocycles. The molecule has 1 aromatic rings. The van der Waals surface area contributed by atoms with Crippen molar-refractivity contribution in [3.05, 3.63) is 29.3 Å². The molecule has 14 heavy (non-hydrogen) atoms. The third kappa shape index (κ3) is 2.78. The molecule has 0 amide bonds. The smallest absolute Gasteiger partial charge is 0.211 e. The maximum absolute atomic E-state index is 9.40. The van der Waals surface area contributed by atoms with E-state index in [-0.39, 0.29) is 11.7 Å². The molecule has 0 saturated heterocycles. The summed E-state index contributed by atoms with van der Waals surface area (Å²) in [6.07, 6.45) is 1.39. The number of nitrogens with zero attached hydrogens (tertiary/aromatic N) is 2. The molecule has 74 valence electrons. The zero-order chi connectivity index (χ0) is 10.6. The van der Waals surface area contributed by atoms with Gasteiger partial charge in [-0.1, -0.05) is 11.6 Å². The molecule has 0 fully saturated rings. The fourth-order valence-electron chi connectivity index (χ4n) is 0.935. The lowest BCUT2D eigenvalue weighted by Gasteiger charge is -1.98. The van der Waals surface area contributed by atoms with Gasteiger partial charge in [0.15, 0.2) is 0 Å². The number of phenols is 1. The molecule has 5 nitrogen and oxygen atoms in total. The molecule has 0 atom stereocenters. The Morgan fingerprint density at radius 2 is 2.14 bits per heavy atom. The standard InChI is InChI=1S/C9H12N4O/c1-6-2-3-8(14)7(4-6)5-12-13-9(10)11/h2-5,14H,1H3,(H4,10,11,13). The zero-order valence-electron chi connectivity index (χ0n) is 7.81. The van der Waals surface area contributed by atoms with Crippen LogP contribution in [0.4, 0.5) is 0 Å². The molecule has 0 aliphatic rings. The van der Waals surface area contributed by atoms with Crippen molar-refractivity contribution in [1.82, 2.24) is 0 Å². The summed E-state index contributed by atoms with van der Waals surface area (Å²) in [5.74, 6) is 0.0264. The van der Waals surface area contributed by atoms with Gasteiger partial charge in [0.05, 0.1) is 6.21 Å². The molecule has 0 aliphatic heterocycles. The van der Waals surface area contributed by atoms with Gasteiger partial charge in [-0.25, -0.2) is 0 Å². The first kappa shape index (κ1) is 10.0. The lowest BCUT2D eigenvalue weighted by Crippen LogP contribution is -2.21. The van der Waals surface area contributed by atoms with Crippen LogP contribution in [0.25, 0.3) is 0 Å². The van der Waals surface area contributed by atoms with Crippen molar-refractivity contribution in [2.75, 3.05) is 0 Å². The summed E-state index contributed by atoms with van der Waals surface area (Å²) in [5.41, 5.74) is 11.8. The Balaban J connectivity index is 2.91. The van der Waals surface area contributed by atoms with E-state index in [2.05, 4.69) is 10.2 Å². The number of aryl methyl sites for hydroxylation is 1. The molecular weight excluding hydrogens is 180 g/mol. The molecule has 0 spiro atoms.